The van der Waals surface area contributed by atoms with Crippen LogP contribution in [0.5, 0.6) is 0 Å². The zero-order valence-electron chi connectivity index (χ0n) is 14.7. The molecular weight excluding hydrogens is 360 g/mol. The number of pyridine rings is 1. The lowest BCUT2D eigenvalue weighted by Crippen LogP contribution is -2.14. The first-order valence-corrected chi connectivity index (χ1v) is 8.40. The van der Waals surface area contributed by atoms with Gasteiger partial charge in [0.15, 0.2) is 11.2 Å². The maximum Gasteiger partial charge on any atom is 0.282 e. The molecule has 4 rings (SSSR count). The van der Waals surface area contributed by atoms with Gasteiger partial charge >= 0.3 is 0 Å². The molecule has 2 aromatic heterocycles. The number of fused-ring (bicyclic) bond motifs is 1. The minimum Gasteiger partial charge on any atom is -0.434 e. The number of hydrogen-bond acceptors (Lipinski definition) is 6. The summed E-state index contributed by atoms with van der Waals surface area (Å²) in [5, 5.41) is 13.9. The number of nitrogens with zero attached hydrogens (tertiary/aromatic N) is 3. The number of aryl methyl sites for hydroxylation is 1. The van der Waals surface area contributed by atoms with E-state index in [4.69, 9.17) is 4.42 Å². The fourth-order valence-electron chi connectivity index (χ4n) is 2.80. The molecule has 0 bridgehead atoms. The third-order valence-electron chi connectivity index (χ3n) is 4.24. The van der Waals surface area contributed by atoms with Crippen molar-refractivity contribution in [2.75, 3.05) is 5.32 Å². The Balaban J connectivity index is 1.68. The first-order valence-electron chi connectivity index (χ1n) is 8.40. The van der Waals surface area contributed by atoms with Crippen LogP contribution in [0.4, 0.5) is 11.4 Å². The number of nitrogens with one attached hydrogen (secondary N) is 1. The fraction of sp³-hybridized carbons (Fsp3) is 0.0500. The molecule has 28 heavy (non-hydrogen) atoms. The van der Waals surface area contributed by atoms with Crippen molar-refractivity contribution in [3.8, 4) is 11.5 Å². The molecule has 2 aromatic carbocycles. The van der Waals surface area contributed by atoms with Crippen molar-refractivity contribution in [3.63, 3.8) is 0 Å². The molecule has 8 heteroatoms. The lowest BCUT2D eigenvalue weighted by molar-refractivity contribution is -0.385. The van der Waals surface area contributed by atoms with Crippen LogP contribution < -0.4 is 5.32 Å². The summed E-state index contributed by atoms with van der Waals surface area (Å²) < 4.78 is 5.71. The minimum atomic E-state index is -0.580. The van der Waals surface area contributed by atoms with Crippen molar-refractivity contribution in [2.45, 2.75) is 6.92 Å². The van der Waals surface area contributed by atoms with Crippen LogP contribution in [0.3, 0.4) is 0 Å². The van der Waals surface area contributed by atoms with Gasteiger partial charge in [-0.15, -0.1) is 0 Å². The second-order valence-electron chi connectivity index (χ2n) is 6.10. The molecule has 4 aromatic rings. The van der Waals surface area contributed by atoms with E-state index >= 15 is 0 Å². The minimum absolute atomic E-state index is 0.0108. The van der Waals surface area contributed by atoms with E-state index in [1.165, 1.54) is 18.2 Å². The number of benzene rings is 2. The summed E-state index contributed by atoms with van der Waals surface area (Å²) >= 11 is 0. The van der Waals surface area contributed by atoms with Gasteiger partial charge in [-0.3, -0.25) is 14.9 Å². The van der Waals surface area contributed by atoms with Crippen molar-refractivity contribution in [2.24, 2.45) is 0 Å². The summed E-state index contributed by atoms with van der Waals surface area (Å²) in [6.45, 7) is 1.83. The van der Waals surface area contributed by atoms with Crippen LogP contribution in [-0.4, -0.2) is 20.8 Å². The van der Waals surface area contributed by atoms with Crippen LogP contribution in [0.1, 0.15) is 15.9 Å². The summed E-state index contributed by atoms with van der Waals surface area (Å²) in [4.78, 5) is 31.7. The molecule has 0 spiro atoms. The molecule has 0 unspecified atom stereocenters. The Bertz CT molecular complexity index is 1180. The molecule has 1 N–H and O–H groups in total. The molecule has 0 atom stereocenters. The van der Waals surface area contributed by atoms with Crippen LogP contribution >= 0.6 is 0 Å². The van der Waals surface area contributed by atoms with Crippen molar-refractivity contribution >= 4 is 28.5 Å². The molecule has 0 saturated heterocycles. The molecule has 0 fully saturated rings. The molecule has 138 valence electrons. The van der Waals surface area contributed by atoms with Gasteiger partial charge in [0.2, 0.25) is 5.89 Å². The standard InChI is InChI=1S/C20H14N4O4/c1-12-8-9-13(20-23-18-17(28-20)7-4-10-21-18)11-15(12)22-19(25)14-5-2-3-6-16(14)24(26)27/h2-11H,1H3,(H,22,25). The highest BCUT2D eigenvalue weighted by Gasteiger charge is 2.20. The third-order valence-corrected chi connectivity index (χ3v) is 4.24. The van der Waals surface area contributed by atoms with Crippen LogP contribution in [0, 0.1) is 17.0 Å². The summed E-state index contributed by atoms with van der Waals surface area (Å²) in [6.07, 6.45) is 1.63. The smallest absolute Gasteiger partial charge is 0.282 e. The maximum atomic E-state index is 12.6. The highest BCUT2D eigenvalue weighted by atomic mass is 16.6. The number of hydrogen-bond donors (Lipinski definition) is 1. The molecule has 0 saturated carbocycles. The maximum absolute atomic E-state index is 12.6. The van der Waals surface area contributed by atoms with Crippen LogP contribution in [0.2, 0.25) is 0 Å². The van der Waals surface area contributed by atoms with E-state index in [0.29, 0.717) is 28.4 Å². The van der Waals surface area contributed by atoms with Gasteiger partial charge in [0.05, 0.1) is 4.92 Å². The molecule has 0 radical (unpaired) electrons. The van der Waals surface area contributed by atoms with Crippen molar-refractivity contribution in [1.29, 1.82) is 0 Å². The fourth-order valence-corrected chi connectivity index (χ4v) is 2.80. The largest absolute Gasteiger partial charge is 0.434 e. The monoisotopic (exact) mass is 374 g/mol. The third kappa shape index (κ3) is 3.18. The van der Waals surface area contributed by atoms with Gasteiger partial charge in [-0.25, -0.2) is 4.98 Å². The average molecular weight is 374 g/mol. The summed E-state index contributed by atoms with van der Waals surface area (Å²) in [5.41, 5.74) is 2.75. The number of nitro benzene ring substituents is 1. The Hall–Kier alpha value is -4.07. The highest BCUT2D eigenvalue weighted by Crippen LogP contribution is 2.28. The number of para-hydroxylation sites is 1. The van der Waals surface area contributed by atoms with Crippen molar-refractivity contribution in [1.82, 2.24) is 9.97 Å². The predicted octanol–water partition coefficient (Wildman–Crippen LogP) is 4.36. The number of carbonyl (C=O) groups is 1. The van der Waals surface area contributed by atoms with Crippen LogP contribution in [0.15, 0.2) is 65.2 Å². The molecular formula is C20H14N4O4. The second kappa shape index (κ2) is 6.92. The lowest BCUT2D eigenvalue weighted by Gasteiger charge is -2.10. The number of anilines is 1. The van der Waals surface area contributed by atoms with E-state index in [-0.39, 0.29) is 11.3 Å². The first kappa shape index (κ1) is 17.3. The number of carbonyl (C=O) groups excluding carboxylic acids is 1. The summed E-state index contributed by atoms with van der Waals surface area (Å²) in [6, 6.07) is 14.7. The van der Waals surface area contributed by atoms with Gasteiger partial charge in [0.1, 0.15) is 5.56 Å². The van der Waals surface area contributed by atoms with E-state index in [1.54, 1.807) is 30.5 Å². The van der Waals surface area contributed by atoms with E-state index in [2.05, 4.69) is 15.3 Å². The number of nitro groups is 1. The Morgan fingerprint density at radius 1 is 1.14 bits per heavy atom. The van der Waals surface area contributed by atoms with Gasteiger partial charge < -0.3 is 9.73 Å². The van der Waals surface area contributed by atoms with Gasteiger partial charge in [0, 0.05) is 23.5 Å². The topological polar surface area (TPSA) is 111 Å². The van der Waals surface area contributed by atoms with Crippen LogP contribution in [-0.2, 0) is 0 Å². The molecule has 0 aliphatic rings. The highest BCUT2D eigenvalue weighted by molar-refractivity contribution is 6.07. The molecule has 0 aliphatic heterocycles. The van der Waals surface area contributed by atoms with Crippen molar-refractivity contribution < 1.29 is 14.1 Å². The zero-order chi connectivity index (χ0) is 19.7. The first-order chi connectivity index (χ1) is 13.5. The normalized spacial score (nSPS) is 10.8. The second-order valence-corrected chi connectivity index (χ2v) is 6.10. The molecule has 1 amide bonds. The van der Waals surface area contributed by atoms with Crippen LogP contribution in [0.25, 0.3) is 22.7 Å². The number of aromatic nitrogens is 2. The quantitative estimate of drug-likeness (QED) is 0.420. The van der Waals surface area contributed by atoms with Gasteiger partial charge in [-0.1, -0.05) is 18.2 Å². The van der Waals surface area contributed by atoms with E-state index in [0.717, 1.165) is 5.56 Å². The van der Waals surface area contributed by atoms with E-state index in [9.17, 15) is 14.9 Å². The van der Waals surface area contributed by atoms with Gasteiger partial charge in [0.25, 0.3) is 11.6 Å². The van der Waals surface area contributed by atoms with Gasteiger partial charge in [-0.2, -0.15) is 4.98 Å². The SMILES string of the molecule is Cc1ccc(-c2nc3ncccc3o2)cc1NC(=O)c1ccccc1[N+](=O)[O-]. The Labute approximate surface area is 159 Å². The Morgan fingerprint density at radius 3 is 2.75 bits per heavy atom. The average Bonchev–Trinajstić information content (AvgIpc) is 3.13. The lowest BCUT2D eigenvalue weighted by atomic mass is 10.1. The molecule has 2 heterocycles. The molecule has 0 aliphatic carbocycles. The number of amides is 1. The predicted molar refractivity (Wildman–Crippen MR) is 103 cm³/mol. The number of oxazole rings is 1. The molecule has 8 nitrogen and oxygen atoms in total. The Morgan fingerprint density at radius 2 is 1.96 bits per heavy atom. The zero-order valence-corrected chi connectivity index (χ0v) is 14.7. The summed E-state index contributed by atoms with van der Waals surface area (Å²) in [7, 11) is 0. The number of rotatable bonds is 4. The van der Waals surface area contributed by atoms with E-state index in [1.807, 2.05) is 19.1 Å². The Kier molecular flexibility index (Phi) is 4.29. The van der Waals surface area contributed by atoms with Crippen molar-refractivity contribution in [3.05, 3.63) is 82.0 Å². The van der Waals surface area contributed by atoms with E-state index < -0.39 is 10.8 Å². The van der Waals surface area contributed by atoms with Gasteiger partial charge in [-0.05, 0) is 42.8 Å². The summed E-state index contributed by atoms with van der Waals surface area (Å²) in [5.74, 6) is -0.193.